The number of ether oxygens (including phenoxy) is 1. The van der Waals surface area contributed by atoms with E-state index in [1.54, 1.807) is 0 Å². The van der Waals surface area contributed by atoms with Crippen molar-refractivity contribution in [3.63, 3.8) is 0 Å². The fourth-order valence-electron chi connectivity index (χ4n) is 2.91. The van der Waals surface area contributed by atoms with Crippen molar-refractivity contribution < 1.29 is 9.84 Å². The van der Waals surface area contributed by atoms with Crippen LogP contribution in [0, 0.1) is 12.8 Å². The molecule has 0 aromatic heterocycles. The Morgan fingerprint density at radius 2 is 2.00 bits per heavy atom. The maximum absolute atomic E-state index is 9.36. The van der Waals surface area contributed by atoms with E-state index in [0.29, 0.717) is 6.10 Å². The molecule has 0 amide bonds. The largest absolute Gasteiger partial charge is 0.490 e. The summed E-state index contributed by atoms with van der Waals surface area (Å²) in [7, 11) is 0. The van der Waals surface area contributed by atoms with Crippen LogP contribution in [0.3, 0.4) is 0 Å². The molecule has 2 rings (SSSR count). The molecule has 0 aliphatic heterocycles. The lowest BCUT2D eigenvalue weighted by molar-refractivity contribution is 0.116. The van der Waals surface area contributed by atoms with E-state index in [-0.39, 0.29) is 6.10 Å². The fraction of sp³-hybridized carbons (Fsp3) is 0.647. The van der Waals surface area contributed by atoms with Gasteiger partial charge in [0.1, 0.15) is 5.75 Å². The fourth-order valence-corrected chi connectivity index (χ4v) is 3.26. The van der Waals surface area contributed by atoms with Crippen LogP contribution >= 0.6 is 15.9 Å². The molecule has 2 nitrogen and oxygen atoms in total. The van der Waals surface area contributed by atoms with Crippen LogP contribution in [0.15, 0.2) is 22.7 Å². The van der Waals surface area contributed by atoms with Gasteiger partial charge in [0.25, 0.3) is 0 Å². The van der Waals surface area contributed by atoms with E-state index in [1.165, 1.54) is 18.4 Å². The van der Waals surface area contributed by atoms with Crippen LogP contribution in [0.25, 0.3) is 0 Å². The molecule has 112 valence electrons. The molecule has 1 fully saturated rings. The molecular formula is C17H25BrO2. The lowest BCUT2D eigenvalue weighted by atomic mass is 9.84. The number of hydrogen-bond acceptors (Lipinski definition) is 2. The average molecular weight is 341 g/mol. The standard InChI is InChI=1S/C17H25BrO2/c1-12(19)6-7-14-8-10-15(11-9-14)20-17-5-3-4-16(18)13(17)2/h3-5,12,14-15,19H,6-11H2,1-2H3. The molecule has 1 aromatic rings. The number of rotatable bonds is 5. The Labute approximate surface area is 130 Å². The molecule has 1 aliphatic carbocycles. The first kappa shape index (κ1) is 15.8. The number of aliphatic hydroxyl groups is 1. The first-order valence-corrected chi connectivity index (χ1v) is 8.45. The summed E-state index contributed by atoms with van der Waals surface area (Å²) < 4.78 is 7.27. The molecule has 3 heteroatoms. The van der Waals surface area contributed by atoms with Gasteiger partial charge in [0.15, 0.2) is 0 Å². The number of halogens is 1. The van der Waals surface area contributed by atoms with Gasteiger partial charge in [0.05, 0.1) is 12.2 Å². The second kappa shape index (κ2) is 7.46. The van der Waals surface area contributed by atoms with Gasteiger partial charge in [-0.2, -0.15) is 0 Å². The average Bonchev–Trinajstić information content (AvgIpc) is 2.43. The monoisotopic (exact) mass is 340 g/mol. The minimum atomic E-state index is -0.159. The molecule has 1 saturated carbocycles. The van der Waals surface area contributed by atoms with Gasteiger partial charge >= 0.3 is 0 Å². The van der Waals surface area contributed by atoms with E-state index < -0.39 is 0 Å². The molecule has 1 aliphatic rings. The van der Waals surface area contributed by atoms with Gasteiger partial charge in [-0.05, 0) is 70.4 Å². The van der Waals surface area contributed by atoms with Crippen LogP contribution in [0.2, 0.25) is 0 Å². The summed E-state index contributed by atoms with van der Waals surface area (Å²) in [4.78, 5) is 0. The van der Waals surface area contributed by atoms with Crippen LogP contribution in [-0.4, -0.2) is 17.3 Å². The molecular weight excluding hydrogens is 316 g/mol. The van der Waals surface area contributed by atoms with Gasteiger partial charge < -0.3 is 9.84 Å². The Morgan fingerprint density at radius 3 is 2.65 bits per heavy atom. The normalized spacial score (nSPS) is 24.4. The van der Waals surface area contributed by atoms with Crippen LogP contribution in [-0.2, 0) is 0 Å². The summed E-state index contributed by atoms with van der Waals surface area (Å²) in [6, 6.07) is 6.13. The molecule has 1 unspecified atom stereocenters. The van der Waals surface area contributed by atoms with E-state index in [1.807, 2.05) is 13.0 Å². The smallest absolute Gasteiger partial charge is 0.123 e. The van der Waals surface area contributed by atoms with Crippen molar-refractivity contribution in [2.45, 2.75) is 64.6 Å². The van der Waals surface area contributed by atoms with Crippen LogP contribution in [0.5, 0.6) is 5.75 Å². The third-order valence-corrected chi connectivity index (χ3v) is 5.16. The third kappa shape index (κ3) is 4.49. The molecule has 1 aromatic carbocycles. The second-order valence-corrected chi connectivity index (χ2v) is 6.90. The summed E-state index contributed by atoms with van der Waals surface area (Å²) in [5.41, 5.74) is 1.18. The van der Waals surface area contributed by atoms with Gasteiger partial charge in [-0.3, -0.25) is 0 Å². The maximum atomic E-state index is 9.36. The molecule has 0 bridgehead atoms. The molecule has 0 spiro atoms. The predicted molar refractivity (Wildman–Crippen MR) is 86.2 cm³/mol. The van der Waals surface area contributed by atoms with Gasteiger partial charge in [-0.25, -0.2) is 0 Å². The Kier molecular flexibility index (Phi) is 5.91. The molecule has 1 atom stereocenters. The third-order valence-electron chi connectivity index (χ3n) is 4.30. The van der Waals surface area contributed by atoms with Crippen molar-refractivity contribution in [1.29, 1.82) is 0 Å². The summed E-state index contributed by atoms with van der Waals surface area (Å²) in [5.74, 6) is 1.78. The summed E-state index contributed by atoms with van der Waals surface area (Å²) in [5, 5.41) is 9.36. The van der Waals surface area contributed by atoms with E-state index in [0.717, 1.165) is 41.8 Å². The minimum Gasteiger partial charge on any atom is -0.490 e. The van der Waals surface area contributed by atoms with Gasteiger partial charge in [0, 0.05) is 10.0 Å². The van der Waals surface area contributed by atoms with Crippen LogP contribution in [0.4, 0.5) is 0 Å². The van der Waals surface area contributed by atoms with Gasteiger partial charge in [-0.1, -0.05) is 22.0 Å². The van der Waals surface area contributed by atoms with E-state index in [9.17, 15) is 5.11 Å². The summed E-state index contributed by atoms with van der Waals surface area (Å²) in [6.07, 6.45) is 7.00. The summed E-state index contributed by atoms with van der Waals surface area (Å²) in [6.45, 7) is 3.97. The van der Waals surface area contributed by atoms with E-state index in [2.05, 4.69) is 35.0 Å². The number of hydrogen-bond donors (Lipinski definition) is 1. The zero-order valence-corrected chi connectivity index (χ0v) is 14.0. The Morgan fingerprint density at radius 1 is 1.30 bits per heavy atom. The molecule has 20 heavy (non-hydrogen) atoms. The SMILES string of the molecule is Cc1c(Br)cccc1OC1CCC(CCC(C)O)CC1. The zero-order chi connectivity index (χ0) is 14.5. The Bertz CT molecular complexity index is 423. The van der Waals surface area contributed by atoms with Gasteiger partial charge in [0.2, 0.25) is 0 Å². The Balaban J connectivity index is 1.81. The second-order valence-electron chi connectivity index (χ2n) is 6.05. The van der Waals surface area contributed by atoms with Gasteiger partial charge in [-0.15, -0.1) is 0 Å². The minimum absolute atomic E-state index is 0.159. The quantitative estimate of drug-likeness (QED) is 0.829. The first-order valence-electron chi connectivity index (χ1n) is 7.66. The maximum Gasteiger partial charge on any atom is 0.123 e. The zero-order valence-electron chi connectivity index (χ0n) is 12.4. The van der Waals surface area contributed by atoms with Crippen molar-refractivity contribution >= 4 is 15.9 Å². The molecule has 0 heterocycles. The first-order chi connectivity index (χ1) is 9.56. The highest BCUT2D eigenvalue weighted by atomic mass is 79.9. The predicted octanol–water partition coefficient (Wildman–Crippen LogP) is 4.86. The van der Waals surface area contributed by atoms with Crippen LogP contribution < -0.4 is 4.74 Å². The Hall–Kier alpha value is -0.540. The van der Waals surface area contributed by atoms with Crippen molar-refractivity contribution in [3.05, 3.63) is 28.2 Å². The molecule has 0 saturated heterocycles. The highest BCUT2D eigenvalue weighted by Gasteiger charge is 2.23. The number of benzene rings is 1. The lowest BCUT2D eigenvalue weighted by Crippen LogP contribution is -2.24. The topological polar surface area (TPSA) is 29.5 Å². The van der Waals surface area contributed by atoms with E-state index in [4.69, 9.17) is 4.74 Å². The molecule has 0 radical (unpaired) electrons. The van der Waals surface area contributed by atoms with Crippen molar-refractivity contribution in [3.8, 4) is 5.75 Å². The summed E-state index contributed by atoms with van der Waals surface area (Å²) >= 11 is 3.55. The lowest BCUT2D eigenvalue weighted by Gasteiger charge is -2.29. The number of aliphatic hydroxyl groups excluding tert-OH is 1. The van der Waals surface area contributed by atoms with Crippen molar-refractivity contribution in [2.24, 2.45) is 5.92 Å². The highest BCUT2D eigenvalue weighted by Crippen LogP contribution is 2.33. The van der Waals surface area contributed by atoms with Crippen LogP contribution in [0.1, 0.15) is 51.0 Å². The van der Waals surface area contributed by atoms with Crippen molar-refractivity contribution in [2.75, 3.05) is 0 Å². The van der Waals surface area contributed by atoms with E-state index >= 15 is 0 Å². The molecule has 1 N–H and O–H groups in total. The van der Waals surface area contributed by atoms with Crippen molar-refractivity contribution in [1.82, 2.24) is 0 Å². The highest BCUT2D eigenvalue weighted by molar-refractivity contribution is 9.10.